The molecule has 3 aromatic carbocycles. The maximum atomic E-state index is 12.5. The predicted molar refractivity (Wildman–Crippen MR) is 164 cm³/mol. The molecule has 4 heterocycles. The van der Waals surface area contributed by atoms with Crippen LogP contribution in [0.25, 0.3) is 21.5 Å². The summed E-state index contributed by atoms with van der Waals surface area (Å²) in [4.78, 5) is 52.0. The average Bonchev–Trinajstić information content (AvgIpc) is 3.28. The van der Waals surface area contributed by atoms with Crippen molar-refractivity contribution in [1.82, 2.24) is 25.3 Å². The Kier molecular flexibility index (Phi) is 7.84. The molecule has 2 aliphatic rings. The van der Waals surface area contributed by atoms with Gasteiger partial charge in [0.05, 0.1) is 53.0 Å². The standard InChI is InChI=1S/C17H10BrN3O3.C13H16N4O2/c18-9-5-6-10-13(7-9)14(19-20-15(10)22)8-21-16(23)11-3-1-2-4-12(11)17(21)24;14-8-12-11-7-9(17-3-5-19-6-4-17)1-2-10(11)13(18)16-15-12/h1-7H,8H2,(H,20,22);1-2,7H,3-6,8,14H2,(H,16,18). The fourth-order valence-electron chi connectivity index (χ4n) is 5.23. The van der Waals surface area contributed by atoms with Gasteiger partial charge in [0, 0.05) is 40.6 Å². The van der Waals surface area contributed by atoms with Crippen LogP contribution in [0.15, 0.2) is 74.7 Å². The maximum Gasteiger partial charge on any atom is 0.272 e. The highest BCUT2D eigenvalue weighted by Crippen LogP contribution is 2.26. The zero-order valence-corrected chi connectivity index (χ0v) is 24.4. The van der Waals surface area contributed by atoms with E-state index in [1.807, 2.05) is 18.2 Å². The fraction of sp³-hybridized carbons (Fsp3) is 0.200. The summed E-state index contributed by atoms with van der Waals surface area (Å²) in [6, 6.07) is 17.7. The molecule has 2 aliphatic heterocycles. The highest BCUT2D eigenvalue weighted by Gasteiger charge is 2.35. The van der Waals surface area contributed by atoms with E-state index in [0.717, 1.165) is 46.7 Å². The van der Waals surface area contributed by atoms with Gasteiger partial charge in [0.25, 0.3) is 22.9 Å². The van der Waals surface area contributed by atoms with Crippen molar-refractivity contribution >= 4 is 55.0 Å². The summed E-state index contributed by atoms with van der Waals surface area (Å²) in [5.74, 6) is -0.710. The Morgan fingerprint density at radius 1 is 0.767 bits per heavy atom. The van der Waals surface area contributed by atoms with Crippen molar-refractivity contribution in [3.05, 3.63) is 108 Å². The molecular weight excluding hydrogens is 618 g/mol. The molecule has 13 heteroatoms. The second kappa shape index (κ2) is 11.9. The number of carbonyl (C=O) groups excluding carboxylic acids is 2. The number of morpholine rings is 1. The van der Waals surface area contributed by atoms with Gasteiger partial charge in [0.2, 0.25) is 0 Å². The van der Waals surface area contributed by atoms with E-state index < -0.39 is 0 Å². The molecule has 43 heavy (non-hydrogen) atoms. The van der Waals surface area contributed by atoms with Crippen LogP contribution in [0.5, 0.6) is 0 Å². The van der Waals surface area contributed by atoms with Crippen LogP contribution in [0.4, 0.5) is 5.69 Å². The number of carbonyl (C=O) groups is 2. The largest absolute Gasteiger partial charge is 0.378 e. The van der Waals surface area contributed by atoms with Crippen molar-refractivity contribution in [2.75, 3.05) is 31.2 Å². The average molecular weight is 644 g/mol. The molecule has 1 fully saturated rings. The molecule has 0 saturated carbocycles. The number of rotatable bonds is 4. The molecule has 0 aliphatic carbocycles. The highest BCUT2D eigenvalue weighted by molar-refractivity contribution is 9.10. The molecule has 0 atom stereocenters. The number of benzene rings is 3. The Morgan fingerprint density at radius 3 is 1.98 bits per heavy atom. The molecule has 4 N–H and O–H groups in total. The van der Waals surface area contributed by atoms with E-state index >= 15 is 0 Å². The number of ether oxygens (including phenoxy) is 1. The normalized spacial score (nSPS) is 14.7. The van der Waals surface area contributed by atoms with Gasteiger partial charge in [-0.1, -0.05) is 28.1 Å². The van der Waals surface area contributed by atoms with Gasteiger partial charge in [-0.3, -0.25) is 24.1 Å². The van der Waals surface area contributed by atoms with E-state index in [1.165, 1.54) is 0 Å². The first-order valence-corrected chi connectivity index (χ1v) is 14.3. The fourth-order valence-corrected chi connectivity index (χ4v) is 5.59. The van der Waals surface area contributed by atoms with Crippen molar-refractivity contribution < 1.29 is 14.3 Å². The second-order valence-corrected chi connectivity index (χ2v) is 10.9. The van der Waals surface area contributed by atoms with Gasteiger partial charge in [0.1, 0.15) is 0 Å². The monoisotopic (exact) mass is 643 g/mol. The lowest BCUT2D eigenvalue weighted by atomic mass is 10.1. The third-order valence-electron chi connectivity index (χ3n) is 7.44. The molecular formula is C30H26BrN7O5. The number of anilines is 1. The SMILES string of the molecule is NCc1n[nH]c(=O)c2ccc(N3CCOCC3)cc12.O=C1c2ccccc2C(=O)N1Cc1n[nH]c(=O)c2ccc(Br)cc12. The molecule has 7 rings (SSSR count). The molecule has 0 bridgehead atoms. The first kappa shape index (κ1) is 28.4. The minimum atomic E-state index is -0.355. The van der Waals surface area contributed by atoms with Crippen LogP contribution in [0.1, 0.15) is 32.1 Å². The number of aromatic amines is 2. The zero-order chi connectivity index (χ0) is 30.1. The van der Waals surface area contributed by atoms with E-state index in [2.05, 4.69) is 41.2 Å². The summed E-state index contributed by atoms with van der Waals surface area (Å²) in [6.07, 6.45) is 0. The van der Waals surface area contributed by atoms with Crippen LogP contribution in [0.2, 0.25) is 0 Å². The molecule has 1 saturated heterocycles. The lowest BCUT2D eigenvalue weighted by Gasteiger charge is -2.29. The van der Waals surface area contributed by atoms with Crippen molar-refractivity contribution in [1.29, 1.82) is 0 Å². The van der Waals surface area contributed by atoms with Crippen LogP contribution in [0.3, 0.4) is 0 Å². The van der Waals surface area contributed by atoms with Crippen LogP contribution in [0, 0.1) is 0 Å². The van der Waals surface area contributed by atoms with Crippen LogP contribution < -0.4 is 21.8 Å². The number of imide groups is 1. The molecule has 0 radical (unpaired) electrons. The van der Waals surface area contributed by atoms with Crippen molar-refractivity contribution in [3.8, 4) is 0 Å². The lowest BCUT2D eigenvalue weighted by Crippen LogP contribution is -2.36. The first-order chi connectivity index (χ1) is 20.9. The van der Waals surface area contributed by atoms with Crippen LogP contribution in [-0.2, 0) is 17.8 Å². The number of H-pyrrole nitrogens is 2. The van der Waals surface area contributed by atoms with Gasteiger partial charge in [-0.2, -0.15) is 10.2 Å². The number of fused-ring (bicyclic) bond motifs is 3. The van der Waals surface area contributed by atoms with E-state index in [-0.39, 0.29) is 29.5 Å². The topological polar surface area (TPSA) is 167 Å². The third kappa shape index (κ3) is 5.45. The Bertz CT molecular complexity index is 1970. The van der Waals surface area contributed by atoms with E-state index in [0.29, 0.717) is 45.2 Å². The highest BCUT2D eigenvalue weighted by atomic mass is 79.9. The Morgan fingerprint density at radius 2 is 1.35 bits per heavy atom. The summed E-state index contributed by atoms with van der Waals surface area (Å²) >= 11 is 3.36. The van der Waals surface area contributed by atoms with Crippen molar-refractivity contribution in [3.63, 3.8) is 0 Å². The Balaban J connectivity index is 0.000000157. The number of hydrogen-bond acceptors (Lipinski definition) is 9. The van der Waals surface area contributed by atoms with Gasteiger partial charge in [0.15, 0.2) is 0 Å². The number of nitrogens with one attached hydrogen (secondary N) is 2. The predicted octanol–water partition coefficient (Wildman–Crippen LogP) is 2.70. The smallest absolute Gasteiger partial charge is 0.272 e. The summed E-state index contributed by atoms with van der Waals surface area (Å²) < 4.78 is 6.13. The molecule has 5 aromatic rings. The molecule has 12 nitrogen and oxygen atoms in total. The number of nitrogens with zero attached hydrogens (tertiary/aromatic N) is 4. The van der Waals surface area contributed by atoms with Crippen molar-refractivity contribution in [2.45, 2.75) is 13.1 Å². The van der Waals surface area contributed by atoms with E-state index in [4.69, 9.17) is 10.5 Å². The minimum absolute atomic E-state index is 0.00389. The molecule has 2 amide bonds. The number of halogens is 1. The molecule has 2 aromatic heterocycles. The van der Waals surface area contributed by atoms with Crippen molar-refractivity contribution in [2.24, 2.45) is 5.73 Å². The summed E-state index contributed by atoms with van der Waals surface area (Å²) in [5, 5.41) is 15.5. The molecule has 0 unspecified atom stereocenters. The van der Waals surface area contributed by atoms with Gasteiger partial charge < -0.3 is 15.4 Å². The van der Waals surface area contributed by atoms with Gasteiger partial charge in [-0.05, 0) is 48.5 Å². The zero-order valence-electron chi connectivity index (χ0n) is 22.8. The second-order valence-electron chi connectivity index (χ2n) is 9.96. The quantitative estimate of drug-likeness (QED) is 0.249. The van der Waals surface area contributed by atoms with Gasteiger partial charge >= 0.3 is 0 Å². The maximum absolute atomic E-state index is 12.5. The number of aromatic nitrogens is 4. The summed E-state index contributed by atoms with van der Waals surface area (Å²) in [5.41, 5.74) is 8.21. The number of nitrogens with two attached hydrogens (primary N) is 1. The molecule has 0 spiro atoms. The number of amides is 2. The van der Waals surface area contributed by atoms with Crippen LogP contribution in [-0.4, -0.2) is 63.4 Å². The van der Waals surface area contributed by atoms with E-state index in [1.54, 1.807) is 42.5 Å². The van der Waals surface area contributed by atoms with Gasteiger partial charge in [-0.25, -0.2) is 10.2 Å². The molecule has 218 valence electrons. The lowest BCUT2D eigenvalue weighted by molar-refractivity contribution is 0.0640. The first-order valence-electron chi connectivity index (χ1n) is 13.5. The summed E-state index contributed by atoms with van der Waals surface area (Å²) in [7, 11) is 0. The van der Waals surface area contributed by atoms with Gasteiger partial charge in [-0.15, -0.1) is 0 Å². The summed E-state index contributed by atoms with van der Waals surface area (Å²) in [6.45, 7) is 3.49. The Hall–Kier alpha value is -4.72. The van der Waals surface area contributed by atoms with Crippen LogP contribution >= 0.6 is 15.9 Å². The third-order valence-corrected chi connectivity index (χ3v) is 7.93. The number of hydrogen-bond donors (Lipinski definition) is 3. The Labute approximate surface area is 252 Å². The minimum Gasteiger partial charge on any atom is -0.378 e. The van der Waals surface area contributed by atoms with E-state index in [9.17, 15) is 19.2 Å².